The second kappa shape index (κ2) is 8.50. The lowest BCUT2D eigenvalue weighted by molar-refractivity contribution is -0.121. The molecule has 1 atom stereocenters. The third kappa shape index (κ3) is 4.55. The van der Waals surface area contributed by atoms with E-state index >= 15 is 0 Å². The van der Waals surface area contributed by atoms with E-state index < -0.39 is 0 Å². The predicted octanol–water partition coefficient (Wildman–Crippen LogP) is 3.75. The number of hydrogen-bond donors (Lipinski definition) is 1. The zero-order chi connectivity index (χ0) is 20.3. The summed E-state index contributed by atoms with van der Waals surface area (Å²) in [5.41, 5.74) is 5.40. The molecule has 6 nitrogen and oxygen atoms in total. The lowest BCUT2D eigenvalue weighted by Crippen LogP contribution is -2.27. The van der Waals surface area contributed by atoms with Crippen molar-refractivity contribution in [3.63, 3.8) is 0 Å². The van der Waals surface area contributed by atoms with Crippen LogP contribution in [-0.4, -0.2) is 25.5 Å². The molecule has 1 amide bonds. The zero-order valence-corrected chi connectivity index (χ0v) is 17.4. The highest BCUT2D eigenvalue weighted by Crippen LogP contribution is 2.17. The summed E-state index contributed by atoms with van der Waals surface area (Å²) >= 11 is 0. The maximum atomic E-state index is 12.5. The van der Waals surface area contributed by atoms with Gasteiger partial charge in [0, 0.05) is 17.8 Å². The van der Waals surface area contributed by atoms with Crippen LogP contribution in [0.4, 0.5) is 0 Å². The average Bonchev–Trinajstić information content (AvgIpc) is 3.10. The van der Waals surface area contributed by atoms with Crippen molar-refractivity contribution in [3.8, 4) is 0 Å². The molecule has 6 heteroatoms. The van der Waals surface area contributed by atoms with Crippen molar-refractivity contribution in [2.45, 2.75) is 59.9 Å². The number of rotatable bonds is 7. The molecule has 28 heavy (non-hydrogen) atoms. The summed E-state index contributed by atoms with van der Waals surface area (Å²) in [6.45, 7) is 10.4. The van der Waals surface area contributed by atoms with Crippen LogP contribution in [0.2, 0.25) is 0 Å². The molecule has 3 rings (SSSR count). The molecule has 0 saturated carbocycles. The predicted molar refractivity (Wildman–Crippen MR) is 110 cm³/mol. The van der Waals surface area contributed by atoms with Crippen molar-refractivity contribution in [3.05, 3.63) is 58.7 Å². The summed E-state index contributed by atoms with van der Waals surface area (Å²) in [7, 11) is 0. The Morgan fingerprint density at radius 3 is 2.54 bits per heavy atom. The third-order valence-corrected chi connectivity index (χ3v) is 5.09. The molecule has 0 aliphatic heterocycles. The van der Waals surface area contributed by atoms with Gasteiger partial charge in [-0.05, 0) is 56.2 Å². The molecular weight excluding hydrogens is 350 g/mol. The fourth-order valence-corrected chi connectivity index (χ4v) is 3.57. The molecule has 0 spiro atoms. The maximum Gasteiger partial charge on any atom is 0.252 e. The van der Waals surface area contributed by atoms with Crippen LogP contribution in [0.25, 0.3) is 5.78 Å². The topological polar surface area (TPSA) is 72.2 Å². The Bertz CT molecular complexity index is 959. The van der Waals surface area contributed by atoms with Gasteiger partial charge in [-0.3, -0.25) is 4.79 Å². The first-order valence-corrected chi connectivity index (χ1v) is 9.89. The number of fused-ring (bicyclic) bond motifs is 1. The number of hydrogen-bond acceptors (Lipinski definition) is 4. The molecule has 0 saturated heterocycles. The van der Waals surface area contributed by atoms with Gasteiger partial charge in [-0.15, -0.1) is 0 Å². The summed E-state index contributed by atoms with van der Waals surface area (Å²) in [4.78, 5) is 21.1. The Morgan fingerprint density at radius 2 is 1.86 bits per heavy atom. The van der Waals surface area contributed by atoms with Gasteiger partial charge in [-0.25, -0.2) is 9.50 Å². The fourth-order valence-electron chi connectivity index (χ4n) is 3.57. The van der Waals surface area contributed by atoms with Gasteiger partial charge >= 0.3 is 0 Å². The molecular formula is C22H29N5O. The van der Waals surface area contributed by atoms with Crippen LogP contribution in [0.5, 0.6) is 0 Å². The summed E-state index contributed by atoms with van der Waals surface area (Å²) in [5.74, 6) is 1.27. The van der Waals surface area contributed by atoms with Gasteiger partial charge in [0.15, 0.2) is 0 Å². The fraction of sp³-hybridized carbons (Fsp3) is 0.455. The first-order chi connectivity index (χ1) is 13.3. The number of carbonyl (C=O) groups is 1. The normalized spacial score (nSPS) is 12.5. The van der Waals surface area contributed by atoms with E-state index in [-0.39, 0.29) is 11.9 Å². The van der Waals surface area contributed by atoms with E-state index in [0.717, 1.165) is 28.9 Å². The molecule has 0 radical (unpaired) electrons. The highest BCUT2D eigenvalue weighted by molar-refractivity contribution is 5.76. The highest BCUT2D eigenvalue weighted by atomic mass is 16.1. The van der Waals surface area contributed by atoms with Crippen molar-refractivity contribution in [1.29, 1.82) is 0 Å². The molecule has 2 heterocycles. The summed E-state index contributed by atoms with van der Waals surface area (Å²) in [5, 5.41) is 7.31. The first-order valence-electron chi connectivity index (χ1n) is 9.89. The molecule has 2 aromatic heterocycles. The maximum absolute atomic E-state index is 12.5. The Hall–Kier alpha value is -2.76. The minimum atomic E-state index is -0.0151. The van der Waals surface area contributed by atoms with E-state index in [0.29, 0.717) is 24.5 Å². The Labute approximate surface area is 166 Å². The molecule has 148 valence electrons. The number of nitrogens with one attached hydrogen (secondary N) is 1. The SMILES string of the molecule is Cc1nc2ncnn2c(C)c1CCC(=O)N[C@@H](C)c1ccc(CC(C)C)cc1. The Kier molecular flexibility index (Phi) is 6.07. The monoisotopic (exact) mass is 379 g/mol. The first kappa shape index (κ1) is 20.0. The molecule has 0 aliphatic carbocycles. The minimum Gasteiger partial charge on any atom is -0.350 e. The van der Waals surface area contributed by atoms with Crippen LogP contribution < -0.4 is 5.32 Å². The van der Waals surface area contributed by atoms with Gasteiger partial charge in [0.1, 0.15) is 6.33 Å². The van der Waals surface area contributed by atoms with Crippen LogP contribution >= 0.6 is 0 Å². The number of nitrogens with zero attached hydrogens (tertiary/aromatic N) is 4. The van der Waals surface area contributed by atoms with Crippen molar-refractivity contribution < 1.29 is 4.79 Å². The van der Waals surface area contributed by atoms with Crippen LogP contribution in [-0.2, 0) is 17.6 Å². The van der Waals surface area contributed by atoms with Crippen molar-refractivity contribution in [2.24, 2.45) is 5.92 Å². The smallest absolute Gasteiger partial charge is 0.252 e. The largest absolute Gasteiger partial charge is 0.350 e. The lowest BCUT2D eigenvalue weighted by Gasteiger charge is -2.16. The highest BCUT2D eigenvalue weighted by Gasteiger charge is 2.14. The summed E-state index contributed by atoms with van der Waals surface area (Å²) in [6.07, 6.45) is 3.62. The van der Waals surface area contributed by atoms with Crippen LogP contribution in [0, 0.1) is 19.8 Å². The minimum absolute atomic E-state index is 0.0151. The quantitative estimate of drug-likeness (QED) is 0.679. The van der Waals surface area contributed by atoms with E-state index in [1.165, 1.54) is 11.9 Å². The third-order valence-electron chi connectivity index (χ3n) is 5.09. The van der Waals surface area contributed by atoms with E-state index in [4.69, 9.17) is 0 Å². The molecule has 3 aromatic rings. The van der Waals surface area contributed by atoms with Gasteiger partial charge in [0.25, 0.3) is 5.78 Å². The van der Waals surface area contributed by atoms with Crippen LogP contribution in [0.1, 0.15) is 61.3 Å². The van der Waals surface area contributed by atoms with Crippen LogP contribution in [0.15, 0.2) is 30.6 Å². The van der Waals surface area contributed by atoms with Crippen molar-refractivity contribution in [2.75, 3.05) is 0 Å². The number of carbonyl (C=O) groups excluding carboxylic acids is 1. The number of benzene rings is 1. The van der Waals surface area contributed by atoms with Crippen molar-refractivity contribution in [1.82, 2.24) is 24.9 Å². The second-order valence-electron chi connectivity index (χ2n) is 7.86. The second-order valence-corrected chi connectivity index (χ2v) is 7.86. The van der Waals surface area contributed by atoms with Gasteiger partial charge in [-0.1, -0.05) is 38.1 Å². The molecule has 0 aliphatic rings. The number of aromatic nitrogens is 4. The molecule has 1 N–H and O–H groups in total. The van der Waals surface area contributed by atoms with Crippen LogP contribution in [0.3, 0.4) is 0 Å². The molecule has 0 fully saturated rings. The molecule has 0 bridgehead atoms. The average molecular weight is 380 g/mol. The number of amides is 1. The van der Waals surface area contributed by atoms with Gasteiger partial charge in [0.05, 0.1) is 6.04 Å². The van der Waals surface area contributed by atoms with E-state index in [1.807, 2.05) is 20.8 Å². The van der Waals surface area contributed by atoms with Crippen molar-refractivity contribution >= 4 is 11.7 Å². The van der Waals surface area contributed by atoms with E-state index in [2.05, 4.69) is 58.5 Å². The molecule has 1 aromatic carbocycles. The van der Waals surface area contributed by atoms with E-state index in [9.17, 15) is 4.79 Å². The van der Waals surface area contributed by atoms with Gasteiger partial charge in [0.2, 0.25) is 5.91 Å². The van der Waals surface area contributed by atoms with Gasteiger partial charge < -0.3 is 5.32 Å². The van der Waals surface area contributed by atoms with E-state index in [1.54, 1.807) is 4.52 Å². The number of aryl methyl sites for hydroxylation is 2. The summed E-state index contributed by atoms with van der Waals surface area (Å²) in [6, 6.07) is 8.52. The Balaban J connectivity index is 1.60. The molecule has 0 unspecified atom stereocenters. The van der Waals surface area contributed by atoms with Gasteiger partial charge in [-0.2, -0.15) is 10.1 Å². The summed E-state index contributed by atoms with van der Waals surface area (Å²) < 4.78 is 1.72. The standard InChI is InChI=1S/C22H29N5O/c1-14(2)12-18-6-8-19(9-7-18)15(3)25-21(28)11-10-20-16(4)26-22-23-13-24-27(22)17(20)5/h6-9,13-15H,10-12H2,1-5H3,(H,25,28)/t15-/m0/s1. The lowest BCUT2D eigenvalue weighted by atomic mass is 10.00. The zero-order valence-electron chi connectivity index (χ0n) is 17.4. The Morgan fingerprint density at radius 1 is 1.14 bits per heavy atom.